The van der Waals surface area contributed by atoms with E-state index in [1.165, 1.54) is 27.4 Å². The van der Waals surface area contributed by atoms with E-state index in [2.05, 4.69) is 67.8 Å². The number of nitrogens with zero attached hydrogens (tertiary/aromatic N) is 1. The molecule has 0 aliphatic carbocycles. The minimum atomic E-state index is 0.181. The van der Waals surface area contributed by atoms with Crippen molar-refractivity contribution in [3.63, 3.8) is 0 Å². The summed E-state index contributed by atoms with van der Waals surface area (Å²) in [5.41, 5.74) is 3.76. The predicted octanol–water partition coefficient (Wildman–Crippen LogP) is 4.47. The number of aliphatic hydroxyl groups is 1. The summed E-state index contributed by atoms with van der Waals surface area (Å²) in [6, 6.07) is 15.5. The van der Waals surface area contributed by atoms with Crippen LogP contribution < -0.4 is 0 Å². The van der Waals surface area contributed by atoms with Gasteiger partial charge >= 0.3 is 0 Å². The van der Waals surface area contributed by atoms with Crippen LogP contribution in [-0.2, 0) is 0 Å². The highest BCUT2D eigenvalue weighted by Gasteiger charge is 2.14. The van der Waals surface area contributed by atoms with Crippen LogP contribution in [0.15, 0.2) is 42.5 Å². The lowest BCUT2D eigenvalue weighted by atomic mass is 10.00. The minimum Gasteiger partial charge on any atom is -0.396 e. The van der Waals surface area contributed by atoms with Crippen molar-refractivity contribution in [1.29, 1.82) is 0 Å². The van der Waals surface area contributed by atoms with E-state index in [0.717, 1.165) is 0 Å². The molecule has 1 unspecified atom stereocenters. The summed E-state index contributed by atoms with van der Waals surface area (Å²) in [6.45, 7) is 6.68. The van der Waals surface area contributed by atoms with Gasteiger partial charge in [-0.2, -0.15) is 0 Å². The summed E-state index contributed by atoms with van der Waals surface area (Å²) in [4.78, 5) is 0. The van der Waals surface area contributed by atoms with Gasteiger partial charge in [0, 0.05) is 40.4 Å². The normalized spacial score (nSPS) is 13.4. The van der Waals surface area contributed by atoms with E-state index in [1.54, 1.807) is 0 Å². The van der Waals surface area contributed by atoms with E-state index in [-0.39, 0.29) is 12.5 Å². The third-order valence-electron chi connectivity index (χ3n) is 4.09. The molecule has 0 saturated heterocycles. The molecule has 1 aromatic heterocycles. The molecule has 0 fully saturated rings. The average Bonchev–Trinajstić information content (AvgIpc) is 2.80. The molecule has 0 radical (unpaired) electrons. The second-order valence-electron chi connectivity index (χ2n) is 5.84. The Morgan fingerprint density at radius 3 is 2.35 bits per heavy atom. The maximum atomic E-state index is 9.36. The van der Waals surface area contributed by atoms with Gasteiger partial charge in [0.25, 0.3) is 0 Å². The van der Waals surface area contributed by atoms with Crippen molar-refractivity contribution in [2.45, 2.75) is 32.7 Å². The van der Waals surface area contributed by atoms with Gasteiger partial charge < -0.3 is 9.67 Å². The third-order valence-corrected chi connectivity index (χ3v) is 4.09. The highest BCUT2D eigenvalue weighted by atomic mass is 16.3. The van der Waals surface area contributed by atoms with Crippen molar-refractivity contribution in [3.8, 4) is 0 Å². The van der Waals surface area contributed by atoms with Gasteiger partial charge in [-0.15, -0.1) is 0 Å². The molecule has 0 amide bonds. The van der Waals surface area contributed by atoms with Crippen LogP contribution in [-0.4, -0.2) is 16.3 Å². The van der Waals surface area contributed by atoms with Gasteiger partial charge in [0.15, 0.2) is 0 Å². The number of aromatic nitrogens is 1. The lowest BCUT2D eigenvalue weighted by Gasteiger charge is -2.12. The molecule has 3 rings (SSSR count). The molecule has 2 aromatic carbocycles. The first-order valence-corrected chi connectivity index (χ1v) is 7.27. The van der Waals surface area contributed by atoms with Gasteiger partial charge in [-0.3, -0.25) is 0 Å². The third kappa shape index (κ3) is 1.92. The highest BCUT2D eigenvalue weighted by molar-refractivity contribution is 6.08. The quantitative estimate of drug-likeness (QED) is 0.744. The lowest BCUT2D eigenvalue weighted by Crippen LogP contribution is -2.01. The van der Waals surface area contributed by atoms with Crippen molar-refractivity contribution in [2.75, 3.05) is 6.61 Å². The van der Waals surface area contributed by atoms with Crippen molar-refractivity contribution < 1.29 is 5.11 Å². The van der Waals surface area contributed by atoms with Crippen LogP contribution in [0.25, 0.3) is 21.8 Å². The molecule has 0 saturated carbocycles. The van der Waals surface area contributed by atoms with Crippen molar-refractivity contribution >= 4 is 21.8 Å². The minimum absolute atomic E-state index is 0.181. The molecule has 104 valence electrons. The second kappa shape index (κ2) is 4.95. The molecule has 3 aromatic rings. The van der Waals surface area contributed by atoms with Crippen molar-refractivity contribution in [3.05, 3.63) is 48.0 Å². The number of aliphatic hydroxyl groups excluding tert-OH is 1. The topological polar surface area (TPSA) is 25.2 Å². The fourth-order valence-corrected chi connectivity index (χ4v) is 2.99. The number of benzene rings is 2. The molecule has 0 aliphatic rings. The van der Waals surface area contributed by atoms with E-state index in [1.807, 2.05) is 0 Å². The van der Waals surface area contributed by atoms with Crippen LogP contribution in [0.5, 0.6) is 0 Å². The van der Waals surface area contributed by atoms with Crippen LogP contribution in [0, 0.1) is 0 Å². The zero-order valence-electron chi connectivity index (χ0n) is 12.3. The number of hydrogen-bond donors (Lipinski definition) is 1. The smallest absolute Gasteiger partial charge is 0.0497 e. The van der Waals surface area contributed by atoms with E-state index in [4.69, 9.17) is 0 Å². The monoisotopic (exact) mass is 267 g/mol. The molecule has 2 heteroatoms. The Balaban J connectivity index is 2.38. The van der Waals surface area contributed by atoms with Gasteiger partial charge in [0.05, 0.1) is 0 Å². The molecule has 1 heterocycles. The maximum Gasteiger partial charge on any atom is 0.0497 e. The van der Waals surface area contributed by atoms with Gasteiger partial charge in [0.1, 0.15) is 0 Å². The fourth-order valence-electron chi connectivity index (χ4n) is 2.99. The summed E-state index contributed by atoms with van der Waals surface area (Å²) in [6.07, 6.45) is 0. The van der Waals surface area contributed by atoms with Crippen molar-refractivity contribution in [2.24, 2.45) is 0 Å². The first-order chi connectivity index (χ1) is 9.63. The SMILES string of the molecule is CC(CO)c1ccc2c(c1)c1ccccc1n2C(C)C. The van der Waals surface area contributed by atoms with Crippen LogP contribution in [0.3, 0.4) is 0 Å². The molecular formula is C18H21NO. The predicted molar refractivity (Wildman–Crippen MR) is 85.3 cm³/mol. The molecule has 20 heavy (non-hydrogen) atoms. The first-order valence-electron chi connectivity index (χ1n) is 7.27. The van der Waals surface area contributed by atoms with E-state index in [9.17, 15) is 5.11 Å². The molecule has 2 nitrogen and oxygen atoms in total. The Morgan fingerprint density at radius 2 is 1.65 bits per heavy atom. The maximum absolute atomic E-state index is 9.36. The Kier molecular flexibility index (Phi) is 3.27. The Labute approximate surface area is 119 Å². The molecule has 1 N–H and O–H groups in total. The van der Waals surface area contributed by atoms with Gasteiger partial charge in [0.2, 0.25) is 0 Å². The summed E-state index contributed by atoms with van der Waals surface area (Å²) in [5.74, 6) is 0.181. The first kappa shape index (κ1) is 13.2. The van der Waals surface area contributed by atoms with E-state index < -0.39 is 0 Å². The van der Waals surface area contributed by atoms with Crippen LogP contribution in [0.2, 0.25) is 0 Å². The summed E-state index contributed by atoms with van der Waals surface area (Å²) in [7, 11) is 0. The summed E-state index contributed by atoms with van der Waals surface area (Å²) in [5, 5.41) is 11.9. The Hall–Kier alpha value is -1.80. The van der Waals surface area contributed by atoms with Crippen LogP contribution >= 0.6 is 0 Å². The number of para-hydroxylation sites is 1. The fraction of sp³-hybridized carbons (Fsp3) is 0.333. The van der Waals surface area contributed by atoms with Gasteiger partial charge in [-0.05, 0) is 37.6 Å². The second-order valence-corrected chi connectivity index (χ2v) is 5.84. The Bertz CT molecular complexity index is 755. The largest absolute Gasteiger partial charge is 0.396 e. The van der Waals surface area contributed by atoms with E-state index >= 15 is 0 Å². The molecule has 1 atom stereocenters. The van der Waals surface area contributed by atoms with Gasteiger partial charge in [-0.25, -0.2) is 0 Å². The zero-order chi connectivity index (χ0) is 14.3. The number of hydrogen-bond acceptors (Lipinski definition) is 1. The molecular weight excluding hydrogens is 246 g/mol. The van der Waals surface area contributed by atoms with Crippen LogP contribution in [0.4, 0.5) is 0 Å². The standard InChI is InChI=1S/C18H21NO/c1-12(2)19-17-7-5-4-6-15(17)16-10-14(13(3)11-20)8-9-18(16)19/h4-10,12-13,20H,11H2,1-3H3. The Morgan fingerprint density at radius 1 is 0.950 bits per heavy atom. The zero-order valence-corrected chi connectivity index (χ0v) is 12.3. The molecule has 0 aliphatic heterocycles. The number of fused-ring (bicyclic) bond motifs is 3. The highest BCUT2D eigenvalue weighted by Crippen LogP contribution is 2.33. The molecule has 0 bridgehead atoms. The summed E-state index contributed by atoms with van der Waals surface area (Å²) >= 11 is 0. The van der Waals surface area contributed by atoms with E-state index in [0.29, 0.717) is 6.04 Å². The van der Waals surface area contributed by atoms with Crippen molar-refractivity contribution in [1.82, 2.24) is 4.57 Å². The lowest BCUT2D eigenvalue weighted by molar-refractivity contribution is 0.273. The van der Waals surface area contributed by atoms with Gasteiger partial charge in [-0.1, -0.05) is 31.2 Å². The number of rotatable bonds is 3. The molecule has 0 spiro atoms. The summed E-state index contributed by atoms with van der Waals surface area (Å²) < 4.78 is 2.39. The average molecular weight is 267 g/mol. The van der Waals surface area contributed by atoms with Crippen LogP contribution in [0.1, 0.15) is 38.3 Å².